The highest BCUT2D eigenvalue weighted by Crippen LogP contribution is 2.29. The van der Waals surface area contributed by atoms with Crippen molar-refractivity contribution in [2.24, 2.45) is 5.92 Å². The molecule has 1 aromatic rings. The van der Waals surface area contributed by atoms with E-state index in [0.717, 1.165) is 47.2 Å². The summed E-state index contributed by atoms with van der Waals surface area (Å²) in [4.78, 5) is 17.2. The van der Waals surface area contributed by atoms with Crippen LogP contribution in [-0.2, 0) is 4.79 Å². The third-order valence-electron chi connectivity index (χ3n) is 3.32. The van der Waals surface area contributed by atoms with E-state index in [0.29, 0.717) is 5.92 Å². The summed E-state index contributed by atoms with van der Waals surface area (Å²) in [7, 11) is 0. The zero-order valence-electron chi connectivity index (χ0n) is 11.0. The number of anilines is 1. The summed E-state index contributed by atoms with van der Waals surface area (Å²) in [5.41, 5.74) is 0. The minimum atomic E-state index is -0.810. The minimum absolute atomic E-state index is 0.0245. The fraction of sp³-hybridized carbons (Fsp3) is 0.538. The van der Waals surface area contributed by atoms with Crippen molar-refractivity contribution in [3.05, 3.63) is 21.2 Å². The van der Waals surface area contributed by atoms with Crippen molar-refractivity contribution in [1.82, 2.24) is 10.3 Å². The summed E-state index contributed by atoms with van der Waals surface area (Å²) in [6.45, 7) is 2.65. The maximum absolute atomic E-state index is 10.5. The van der Waals surface area contributed by atoms with Crippen molar-refractivity contribution in [3.8, 4) is 0 Å². The molecule has 1 fully saturated rings. The molecule has 0 bridgehead atoms. The molecular weight excluding hydrogens is 390 g/mol. The van der Waals surface area contributed by atoms with Crippen LogP contribution in [-0.4, -0.2) is 42.2 Å². The van der Waals surface area contributed by atoms with Gasteiger partial charge in [-0.1, -0.05) is 0 Å². The number of halogens is 2. The Balaban J connectivity index is 1.94. The third-order valence-corrected chi connectivity index (χ3v) is 4.33. The summed E-state index contributed by atoms with van der Waals surface area (Å²) < 4.78 is 1.93. The first-order valence-corrected chi connectivity index (χ1v) is 8.13. The van der Waals surface area contributed by atoms with Gasteiger partial charge in [0.15, 0.2) is 0 Å². The zero-order valence-corrected chi connectivity index (χ0v) is 14.2. The van der Waals surface area contributed by atoms with E-state index in [-0.39, 0.29) is 6.54 Å². The Morgan fingerprint density at radius 3 is 3.05 bits per heavy atom. The molecule has 0 spiro atoms. The number of nitrogens with one attached hydrogen (secondary N) is 1. The number of piperidine rings is 1. The van der Waals surface area contributed by atoms with Crippen LogP contribution < -0.4 is 10.2 Å². The number of aromatic nitrogens is 1. The number of hydrogen-bond donors (Lipinski definition) is 2. The molecule has 1 atom stereocenters. The Morgan fingerprint density at radius 1 is 1.55 bits per heavy atom. The maximum atomic E-state index is 10.5. The third kappa shape index (κ3) is 4.43. The molecule has 110 valence electrons. The first-order valence-electron chi connectivity index (χ1n) is 6.54. The van der Waals surface area contributed by atoms with Crippen LogP contribution >= 0.6 is 31.9 Å². The molecule has 5 nitrogen and oxygen atoms in total. The first-order chi connectivity index (χ1) is 9.56. The molecular formula is C13H17Br2N3O2. The fourth-order valence-corrected chi connectivity index (χ4v) is 3.69. The second kappa shape index (κ2) is 7.38. The molecule has 0 aromatic carbocycles. The predicted molar refractivity (Wildman–Crippen MR) is 85.1 cm³/mol. The van der Waals surface area contributed by atoms with Crippen molar-refractivity contribution in [2.75, 3.05) is 31.1 Å². The van der Waals surface area contributed by atoms with Gasteiger partial charge in [-0.2, -0.15) is 0 Å². The number of hydrogen-bond acceptors (Lipinski definition) is 4. The Kier molecular flexibility index (Phi) is 5.80. The standard InChI is InChI=1S/C13H17Br2N3O2/c14-10-4-11(15)13(17-6-10)18-3-1-2-9(8-18)5-16-7-12(19)20/h4,6,9,16H,1-3,5,7-8H2,(H,19,20). The van der Waals surface area contributed by atoms with Gasteiger partial charge < -0.3 is 15.3 Å². The number of rotatable bonds is 5. The van der Waals surface area contributed by atoms with Crippen molar-refractivity contribution in [2.45, 2.75) is 12.8 Å². The quantitative estimate of drug-likeness (QED) is 0.786. The van der Waals surface area contributed by atoms with E-state index < -0.39 is 5.97 Å². The lowest BCUT2D eigenvalue weighted by Gasteiger charge is -2.34. The number of carboxylic acids is 1. The number of carboxylic acid groups (broad SMARTS) is 1. The molecule has 2 heterocycles. The Morgan fingerprint density at radius 2 is 2.35 bits per heavy atom. The van der Waals surface area contributed by atoms with E-state index >= 15 is 0 Å². The lowest BCUT2D eigenvalue weighted by Crippen LogP contribution is -2.41. The smallest absolute Gasteiger partial charge is 0.317 e. The van der Waals surface area contributed by atoms with Gasteiger partial charge in [0.1, 0.15) is 5.82 Å². The van der Waals surface area contributed by atoms with E-state index in [4.69, 9.17) is 5.11 Å². The predicted octanol–water partition coefficient (Wildman–Crippen LogP) is 2.50. The Labute approximate surface area is 135 Å². The lowest BCUT2D eigenvalue weighted by molar-refractivity contribution is -0.136. The van der Waals surface area contributed by atoms with Gasteiger partial charge in [-0.15, -0.1) is 0 Å². The van der Waals surface area contributed by atoms with Crippen LogP contribution in [0.25, 0.3) is 0 Å². The fourth-order valence-electron chi connectivity index (χ4n) is 2.45. The summed E-state index contributed by atoms with van der Waals surface area (Å²) in [5, 5.41) is 11.6. The van der Waals surface area contributed by atoms with E-state index in [1.54, 1.807) is 6.20 Å². The Bertz CT molecular complexity index is 485. The second-order valence-electron chi connectivity index (χ2n) is 4.94. The van der Waals surface area contributed by atoms with E-state index in [9.17, 15) is 4.79 Å². The van der Waals surface area contributed by atoms with Gasteiger partial charge >= 0.3 is 5.97 Å². The molecule has 1 aliphatic heterocycles. The lowest BCUT2D eigenvalue weighted by atomic mass is 9.98. The average molecular weight is 407 g/mol. The van der Waals surface area contributed by atoms with Crippen LogP contribution in [0.1, 0.15) is 12.8 Å². The highest BCUT2D eigenvalue weighted by molar-refractivity contribution is 9.11. The summed E-state index contributed by atoms with van der Waals surface area (Å²) in [6.07, 6.45) is 4.02. The second-order valence-corrected chi connectivity index (χ2v) is 6.71. The molecule has 2 rings (SSSR count). The summed E-state index contributed by atoms with van der Waals surface area (Å²) >= 11 is 6.95. The molecule has 20 heavy (non-hydrogen) atoms. The first kappa shape index (κ1) is 15.7. The largest absolute Gasteiger partial charge is 0.480 e. The minimum Gasteiger partial charge on any atom is -0.480 e. The maximum Gasteiger partial charge on any atom is 0.317 e. The van der Waals surface area contributed by atoms with E-state index in [1.165, 1.54) is 0 Å². The van der Waals surface area contributed by atoms with Crippen LogP contribution in [0.2, 0.25) is 0 Å². The molecule has 1 aliphatic rings. The van der Waals surface area contributed by atoms with E-state index in [2.05, 4.69) is 47.1 Å². The van der Waals surface area contributed by atoms with Crippen molar-refractivity contribution >= 4 is 43.6 Å². The topological polar surface area (TPSA) is 65.5 Å². The van der Waals surface area contributed by atoms with Crippen molar-refractivity contribution < 1.29 is 9.90 Å². The van der Waals surface area contributed by atoms with E-state index in [1.807, 2.05) is 6.07 Å². The van der Waals surface area contributed by atoms with Gasteiger partial charge in [0, 0.05) is 30.3 Å². The molecule has 1 saturated heterocycles. The number of pyridine rings is 1. The van der Waals surface area contributed by atoms with Crippen molar-refractivity contribution in [3.63, 3.8) is 0 Å². The number of nitrogens with zero attached hydrogens (tertiary/aromatic N) is 2. The van der Waals surface area contributed by atoms with Crippen LogP contribution in [0.15, 0.2) is 21.2 Å². The molecule has 1 aromatic heterocycles. The number of aliphatic carboxylic acids is 1. The van der Waals surface area contributed by atoms with Crippen molar-refractivity contribution in [1.29, 1.82) is 0 Å². The molecule has 0 radical (unpaired) electrons. The van der Waals surface area contributed by atoms with Crippen LogP contribution in [0.4, 0.5) is 5.82 Å². The zero-order chi connectivity index (χ0) is 14.5. The molecule has 7 heteroatoms. The molecule has 1 unspecified atom stereocenters. The van der Waals surface area contributed by atoms with Crippen LogP contribution in [0.5, 0.6) is 0 Å². The molecule has 2 N–H and O–H groups in total. The van der Waals surface area contributed by atoms with Gasteiger partial charge in [-0.25, -0.2) is 4.98 Å². The normalized spacial score (nSPS) is 19.1. The number of carbonyl (C=O) groups is 1. The van der Waals surface area contributed by atoms with Gasteiger partial charge in [0.25, 0.3) is 0 Å². The van der Waals surface area contributed by atoms with Gasteiger partial charge in [0.2, 0.25) is 0 Å². The summed E-state index contributed by atoms with van der Waals surface area (Å²) in [6, 6.07) is 1.99. The van der Waals surface area contributed by atoms with Gasteiger partial charge in [0.05, 0.1) is 11.0 Å². The monoisotopic (exact) mass is 405 g/mol. The average Bonchev–Trinajstić information content (AvgIpc) is 2.38. The summed E-state index contributed by atoms with van der Waals surface area (Å²) in [5.74, 6) is 0.603. The van der Waals surface area contributed by atoms with Gasteiger partial charge in [-0.05, 0) is 56.7 Å². The highest BCUT2D eigenvalue weighted by Gasteiger charge is 2.22. The van der Waals surface area contributed by atoms with Gasteiger partial charge in [-0.3, -0.25) is 4.79 Å². The molecule has 0 aliphatic carbocycles. The molecule has 0 saturated carbocycles. The van der Waals surface area contributed by atoms with Crippen LogP contribution in [0, 0.1) is 5.92 Å². The molecule has 0 amide bonds. The SMILES string of the molecule is O=C(O)CNCC1CCCN(c2ncc(Br)cc2Br)C1. The van der Waals surface area contributed by atoms with Crippen LogP contribution in [0.3, 0.4) is 0 Å². The highest BCUT2D eigenvalue weighted by atomic mass is 79.9. The Hall–Kier alpha value is -0.660.